The summed E-state index contributed by atoms with van der Waals surface area (Å²) in [6, 6.07) is 17.4. The molecular formula is C22H21FN4O2. The summed E-state index contributed by atoms with van der Waals surface area (Å²) in [7, 11) is 0. The maximum atomic E-state index is 13.7. The van der Waals surface area contributed by atoms with Gasteiger partial charge in [-0.05, 0) is 36.4 Å². The Morgan fingerprint density at radius 2 is 1.76 bits per heavy atom. The van der Waals surface area contributed by atoms with Crippen LogP contribution in [-0.2, 0) is 4.74 Å². The van der Waals surface area contributed by atoms with Crippen LogP contribution in [0, 0.1) is 5.82 Å². The zero-order valence-electron chi connectivity index (χ0n) is 15.8. The topological polar surface area (TPSA) is 66.5 Å². The lowest BCUT2D eigenvalue weighted by atomic mass is 10.2. The molecule has 0 bridgehead atoms. The number of para-hydroxylation sites is 2. The van der Waals surface area contributed by atoms with Crippen LogP contribution in [0.2, 0.25) is 0 Å². The predicted octanol–water partition coefficient (Wildman–Crippen LogP) is 4.05. The molecule has 0 atom stereocenters. The van der Waals surface area contributed by atoms with Gasteiger partial charge in [-0.15, -0.1) is 0 Å². The van der Waals surface area contributed by atoms with Crippen LogP contribution in [0.15, 0.2) is 66.9 Å². The second-order valence-electron chi connectivity index (χ2n) is 6.61. The largest absolute Gasteiger partial charge is 0.378 e. The molecule has 4 rings (SSSR count). The molecule has 1 aliphatic heterocycles. The number of carbonyl (C=O) groups excluding carboxylic acids is 1. The van der Waals surface area contributed by atoms with Gasteiger partial charge in [0.2, 0.25) is 0 Å². The van der Waals surface area contributed by atoms with E-state index in [-0.39, 0.29) is 5.56 Å². The number of aromatic nitrogens is 1. The number of pyridine rings is 1. The third kappa shape index (κ3) is 4.52. The Kier molecular flexibility index (Phi) is 5.67. The normalized spacial score (nSPS) is 13.8. The number of morpholine rings is 1. The number of rotatable bonds is 5. The lowest BCUT2D eigenvalue weighted by Gasteiger charge is -2.30. The van der Waals surface area contributed by atoms with E-state index < -0.39 is 11.7 Å². The molecule has 2 heterocycles. The standard InChI is InChI=1S/C22H21FN4O2/c23-18-6-2-1-5-17(18)22(28)26-21-10-9-16(15-24-21)25-19-7-3-4-8-20(19)27-11-13-29-14-12-27/h1-10,15,25H,11-14H2,(H,24,26,28). The maximum absolute atomic E-state index is 13.7. The maximum Gasteiger partial charge on any atom is 0.259 e. The molecule has 1 aromatic heterocycles. The fourth-order valence-electron chi connectivity index (χ4n) is 3.19. The number of hydrogen-bond donors (Lipinski definition) is 2. The van der Waals surface area contributed by atoms with Gasteiger partial charge in [-0.3, -0.25) is 4.79 Å². The Balaban J connectivity index is 1.45. The van der Waals surface area contributed by atoms with Gasteiger partial charge in [0.15, 0.2) is 0 Å². The minimum absolute atomic E-state index is 0.0176. The summed E-state index contributed by atoms with van der Waals surface area (Å²) in [4.78, 5) is 18.7. The van der Waals surface area contributed by atoms with Crippen molar-refractivity contribution < 1.29 is 13.9 Å². The van der Waals surface area contributed by atoms with Crippen molar-refractivity contribution in [2.75, 3.05) is 41.8 Å². The van der Waals surface area contributed by atoms with Crippen LogP contribution in [0.25, 0.3) is 0 Å². The minimum Gasteiger partial charge on any atom is -0.378 e. The number of ether oxygens (including phenoxy) is 1. The molecule has 0 unspecified atom stereocenters. The van der Waals surface area contributed by atoms with Crippen LogP contribution < -0.4 is 15.5 Å². The van der Waals surface area contributed by atoms with E-state index in [1.165, 1.54) is 12.1 Å². The summed E-state index contributed by atoms with van der Waals surface area (Å²) >= 11 is 0. The summed E-state index contributed by atoms with van der Waals surface area (Å²) in [6.07, 6.45) is 1.63. The minimum atomic E-state index is -0.567. The highest BCUT2D eigenvalue weighted by atomic mass is 19.1. The highest BCUT2D eigenvalue weighted by Gasteiger charge is 2.15. The number of anilines is 4. The molecule has 0 radical (unpaired) electrons. The average Bonchev–Trinajstić information content (AvgIpc) is 2.76. The van der Waals surface area contributed by atoms with Crippen molar-refractivity contribution in [1.82, 2.24) is 4.98 Å². The Hall–Kier alpha value is -3.45. The molecule has 29 heavy (non-hydrogen) atoms. The van der Waals surface area contributed by atoms with Gasteiger partial charge < -0.3 is 20.3 Å². The van der Waals surface area contributed by atoms with Gasteiger partial charge in [0.1, 0.15) is 11.6 Å². The van der Waals surface area contributed by atoms with Crippen molar-refractivity contribution >= 4 is 28.8 Å². The first-order valence-corrected chi connectivity index (χ1v) is 9.41. The number of nitrogens with one attached hydrogen (secondary N) is 2. The molecule has 3 aromatic rings. The van der Waals surface area contributed by atoms with Crippen molar-refractivity contribution in [3.63, 3.8) is 0 Å². The third-order valence-electron chi connectivity index (χ3n) is 4.66. The molecule has 2 N–H and O–H groups in total. The van der Waals surface area contributed by atoms with E-state index in [0.29, 0.717) is 19.0 Å². The van der Waals surface area contributed by atoms with Crippen LogP contribution in [0.3, 0.4) is 0 Å². The van der Waals surface area contributed by atoms with Crippen LogP contribution in [-0.4, -0.2) is 37.2 Å². The predicted molar refractivity (Wildman–Crippen MR) is 111 cm³/mol. The van der Waals surface area contributed by atoms with Gasteiger partial charge in [0.05, 0.1) is 42.0 Å². The van der Waals surface area contributed by atoms with Gasteiger partial charge in [-0.1, -0.05) is 24.3 Å². The molecule has 1 fully saturated rings. The monoisotopic (exact) mass is 392 g/mol. The quantitative estimate of drug-likeness (QED) is 0.686. The Morgan fingerprint density at radius 1 is 1.00 bits per heavy atom. The Bertz CT molecular complexity index is 988. The van der Waals surface area contributed by atoms with E-state index in [1.807, 2.05) is 24.3 Å². The average molecular weight is 392 g/mol. The number of nitrogens with zero attached hydrogens (tertiary/aromatic N) is 2. The van der Waals surface area contributed by atoms with E-state index >= 15 is 0 Å². The smallest absolute Gasteiger partial charge is 0.259 e. The SMILES string of the molecule is O=C(Nc1ccc(Nc2ccccc2N2CCOCC2)cn1)c1ccccc1F. The van der Waals surface area contributed by atoms with Gasteiger partial charge in [-0.2, -0.15) is 0 Å². The zero-order chi connectivity index (χ0) is 20.1. The highest BCUT2D eigenvalue weighted by Crippen LogP contribution is 2.29. The molecule has 1 amide bonds. The Labute approximate surface area is 168 Å². The van der Waals surface area contributed by atoms with Crippen LogP contribution in [0.1, 0.15) is 10.4 Å². The molecule has 1 saturated heterocycles. The lowest BCUT2D eigenvalue weighted by molar-refractivity contribution is 0.102. The van der Waals surface area contributed by atoms with E-state index in [0.717, 1.165) is 30.2 Å². The van der Waals surface area contributed by atoms with Crippen LogP contribution >= 0.6 is 0 Å². The highest BCUT2D eigenvalue weighted by molar-refractivity contribution is 6.04. The molecule has 1 aliphatic rings. The number of halogens is 1. The molecule has 7 heteroatoms. The number of hydrogen-bond acceptors (Lipinski definition) is 5. The van der Waals surface area contributed by atoms with Gasteiger partial charge in [0.25, 0.3) is 5.91 Å². The lowest BCUT2D eigenvalue weighted by Crippen LogP contribution is -2.36. The van der Waals surface area contributed by atoms with Crippen molar-refractivity contribution in [2.45, 2.75) is 0 Å². The second-order valence-corrected chi connectivity index (χ2v) is 6.61. The molecule has 0 saturated carbocycles. The Morgan fingerprint density at radius 3 is 2.52 bits per heavy atom. The number of amides is 1. The first-order valence-electron chi connectivity index (χ1n) is 9.41. The van der Waals surface area contributed by atoms with E-state index in [1.54, 1.807) is 24.4 Å². The van der Waals surface area contributed by atoms with Gasteiger partial charge in [0, 0.05) is 13.1 Å². The summed E-state index contributed by atoms with van der Waals surface area (Å²) in [5, 5.41) is 5.99. The zero-order valence-corrected chi connectivity index (χ0v) is 15.8. The van der Waals surface area contributed by atoms with E-state index in [9.17, 15) is 9.18 Å². The molecule has 0 aliphatic carbocycles. The van der Waals surface area contributed by atoms with Crippen LogP contribution in [0.5, 0.6) is 0 Å². The molecule has 6 nitrogen and oxygen atoms in total. The van der Waals surface area contributed by atoms with E-state index in [4.69, 9.17) is 4.74 Å². The van der Waals surface area contributed by atoms with Gasteiger partial charge >= 0.3 is 0 Å². The number of benzene rings is 2. The third-order valence-corrected chi connectivity index (χ3v) is 4.66. The van der Waals surface area contributed by atoms with Gasteiger partial charge in [-0.25, -0.2) is 9.37 Å². The summed E-state index contributed by atoms with van der Waals surface area (Å²) in [5.41, 5.74) is 2.85. The van der Waals surface area contributed by atoms with Crippen LogP contribution in [0.4, 0.5) is 27.3 Å². The van der Waals surface area contributed by atoms with Crippen molar-refractivity contribution in [3.05, 3.63) is 78.2 Å². The first kappa shape index (κ1) is 18.9. The fraction of sp³-hybridized carbons (Fsp3) is 0.182. The molecule has 2 aromatic carbocycles. The van der Waals surface area contributed by atoms with Crippen molar-refractivity contribution in [1.29, 1.82) is 0 Å². The molecule has 0 spiro atoms. The molecular weight excluding hydrogens is 371 g/mol. The summed E-state index contributed by atoms with van der Waals surface area (Å²) in [5.74, 6) is -0.748. The first-order chi connectivity index (χ1) is 14.2. The molecule has 148 valence electrons. The fourth-order valence-corrected chi connectivity index (χ4v) is 3.19. The number of carbonyl (C=O) groups is 1. The van der Waals surface area contributed by atoms with Crippen molar-refractivity contribution in [2.24, 2.45) is 0 Å². The summed E-state index contributed by atoms with van der Waals surface area (Å²) < 4.78 is 19.2. The summed E-state index contributed by atoms with van der Waals surface area (Å²) in [6.45, 7) is 3.12. The van der Waals surface area contributed by atoms with E-state index in [2.05, 4.69) is 26.6 Å². The van der Waals surface area contributed by atoms with Crippen molar-refractivity contribution in [3.8, 4) is 0 Å². The second kappa shape index (κ2) is 8.70.